The summed E-state index contributed by atoms with van der Waals surface area (Å²) in [6, 6.07) is -0.299. The number of sulfonamides is 1. The van der Waals surface area contributed by atoms with Crippen LogP contribution in [0.5, 0.6) is 0 Å². The summed E-state index contributed by atoms with van der Waals surface area (Å²) < 4.78 is 30.5. The molecule has 0 aliphatic heterocycles. The van der Waals surface area contributed by atoms with E-state index in [1.807, 2.05) is 4.72 Å². The summed E-state index contributed by atoms with van der Waals surface area (Å²) in [4.78, 5) is 21.8. The van der Waals surface area contributed by atoms with E-state index in [9.17, 15) is 18.0 Å². The molecule has 0 aliphatic rings. The molecule has 10 heteroatoms. The van der Waals surface area contributed by atoms with Gasteiger partial charge in [-0.05, 0) is 17.9 Å². The fraction of sp³-hybridized carbons (Fsp3) is 0.400. The number of esters is 1. The molecule has 0 bridgehead atoms. The van der Waals surface area contributed by atoms with Gasteiger partial charge in [-0.2, -0.15) is 4.72 Å². The van der Waals surface area contributed by atoms with Crippen molar-refractivity contribution in [2.75, 3.05) is 13.7 Å². The minimum absolute atomic E-state index is 0.145. The molecule has 20 heavy (non-hydrogen) atoms. The smallest absolute Gasteiger partial charge is 0.349 e. The number of ether oxygens (including phenoxy) is 1. The average Bonchev–Trinajstić information content (AvgIpc) is 2.87. The van der Waals surface area contributed by atoms with Crippen LogP contribution in [-0.4, -0.2) is 50.3 Å². The van der Waals surface area contributed by atoms with E-state index in [2.05, 4.69) is 4.74 Å². The van der Waals surface area contributed by atoms with E-state index < -0.39 is 34.6 Å². The van der Waals surface area contributed by atoms with E-state index >= 15 is 0 Å². The van der Waals surface area contributed by atoms with Gasteiger partial charge >= 0.3 is 11.9 Å². The van der Waals surface area contributed by atoms with Gasteiger partial charge in [-0.25, -0.2) is 13.2 Å². The number of rotatable bonds is 7. The van der Waals surface area contributed by atoms with Crippen LogP contribution in [0.4, 0.5) is 0 Å². The first-order chi connectivity index (χ1) is 9.33. The maximum atomic E-state index is 12.1. The number of carboxylic acid groups (broad SMARTS) is 1. The molecule has 0 radical (unpaired) electrons. The number of carboxylic acids is 1. The number of hydrogen-bond donors (Lipinski definition) is 3. The first-order valence-electron chi connectivity index (χ1n) is 5.35. The van der Waals surface area contributed by atoms with Crippen molar-refractivity contribution < 1.29 is 33.0 Å². The van der Waals surface area contributed by atoms with Crippen LogP contribution < -0.4 is 4.72 Å². The number of hydrogen-bond acceptors (Lipinski definition) is 7. The molecule has 0 unspecified atom stereocenters. The Morgan fingerprint density at radius 2 is 2.15 bits per heavy atom. The molecule has 0 aromatic carbocycles. The normalized spacial score (nSPS) is 12.9. The lowest BCUT2D eigenvalue weighted by molar-refractivity contribution is -0.139. The van der Waals surface area contributed by atoms with Crippen LogP contribution in [0.25, 0.3) is 0 Å². The quantitative estimate of drug-likeness (QED) is 0.585. The number of methoxy groups -OCH3 is 1. The van der Waals surface area contributed by atoms with E-state index in [1.54, 1.807) is 0 Å². The third kappa shape index (κ3) is 3.76. The molecule has 1 atom stereocenters. The Morgan fingerprint density at radius 1 is 1.50 bits per heavy atom. The molecule has 8 nitrogen and oxygen atoms in total. The van der Waals surface area contributed by atoms with E-state index in [4.69, 9.17) is 10.2 Å². The Morgan fingerprint density at radius 3 is 2.65 bits per heavy atom. The zero-order chi connectivity index (χ0) is 15.3. The second-order valence-corrected chi connectivity index (χ2v) is 6.23. The number of aliphatic carboxylic acids is 1. The molecule has 1 heterocycles. The lowest BCUT2D eigenvalue weighted by atomic mass is 10.2. The van der Waals surface area contributed by atoms with E-state index in [-0.39, 0.29) is 16.2 Å². The van der Waals surface area contributed by atoms with Gasteiger partial charge in [-0.1, -0.05) is 0 Å². The maximum absolute atomic E-state index is 12.1. The number of carbonyl (C=O) groups excluding carboxylic acids is 1. The first-order valence-corrected chi connectivity index (χ1v) is 7.71. The number of aliphatic hydroxyl groups excluding tert-OH is 1. The molecular weight excluding hydrogens is 310 g/mol. The minimum Gasteiger partial charge on any atom is -0.480 e. The van der Waals surface area contributed by atoms with Crippen molar-refractivity contribution in [3.05, 3.63) is 16.3 Å². The van der Waals surface area contributed by atoms with Crippen molar-refractivity contribution in [3.63, 3.8) is 0 Å². The third-order valence-electron chi connectivity index (χ3n) is 2.30. The highest BCUT2D eigenvalue weighted by Gasteiger charge is 2.29. The molecular formula is C10H13NO7S2. The van der Waals surface area contributed by atoms with Gasteiger partial charge in [-0.15, -0.1) is 11.3 Å². The highest BCUT2D eigenvalue weighted by Crippen LogP contribution is 2.23. The summed E-state index contributed by atoms with van der Waals surface area (Å²) in [5.74, 6) is -2.24. The lowest BCUT2D eigenvalue weighted by Crippen LogP contribution is -2.41. The lowest BCUT2D eigenvalue weighted by Gasteiger charge is -2.13. The first kappa shape index (κ1) is 16.6. The van der Waals surface area contributed by atoms with Crippen LogP contribution >= 0.6 is 11.3 Å². The van der Waals surface area contributed by atoms with Crippen molar-refractivity contribution in [3.8, 4) is 0 Å². The number of aliphatic hydroxyl groups is 1. The highest BCUT2D eigenvalue weighted by atomic mass is 32.2. The zero-order valence-electron chi connectivity index (χ0n) is 10.4. The predicted octanol–water partition coefficient (Wildman–Crippen LogP) is -0.351. The summed E-state index contributed by atoms with van der Waals surface area (Å²) in [6.45, 7) is -0.493. The SMILES string of the molecule is COC(=O)c1sccc1S(=O)(=O)N[C@@H](CCO)C(=O)O. The minimum atomic E-state index is -4.20. The van der Waals surface area contributed by atoms with Crippen LogP contribution in [0.2, 0.25) is 0 Å². The van der Waals surface area contributed by atoms with Crippen molar-refractivity contribution in [2.24, 2.45) is 0 Å². The van der Waals surface area contributed by atoms with E-state index in [0.29, 0.717) is 0 Å². The summed E-state index contributed by atoms with van der Waals surface area (Å²) >= 11 is 0.867. The van der Waals surface area contributed by atoms with Gasteiger partial charge in [0.25, 0.3) is 0 Å². The fourth-order valence-electron chi connectivity index (χ4n) is 1.36. The Hall–Kier alpha value is -1.49. The Kier molecular flexibility index (Phi) is 5.62. The van der Waals surface area contributed by atoms with Crippen molar-refractivity contribution in [2.45, 2.75) is 17.4 Å². The summed E-state index contributed by atoms with van der Waals surface area (Å²) in [6.07, 6.45) is -0.285. The van der Waals surface area contributed by atoms with Gasteiger partial charge in [0.2, 0.25) is 10.0 Å². The number of nitrogens with one attached hydrogen (secondary N) is 1. The molecule has 112 valence electrons. The molecule has 0 spiro atoms. The van der Waals surface area contributed by atoms with E-state index in [1.165, 1.54) is 11.4 Å². The molecule has 0 amide bonds. The summed E-state index contributed by atoms with van der Waals surface area (Å²) in [5, 5.41) is 19.0. The molecule has 3 N–H and O–H groups in total. The summed E-state index contributed by atoms with van der Waals surface area (Å²) in [5.41, 5.74) is 0. The maximum Gasteiger partial charge on any atom is 0.349 e. The fourth-order valence-corrected chi connectivity index (χ4v) is 3.92. The van der Waals surface area contributed by atoms with Gasteiger partial charge < -0.3 is 14.9 Å². The molecule has 1 aromatic rings. The monoisotopic (exact) mass is 323 g/mol. The Labute approximate surface area is 119 Å². The molecule has 0 fully saturated rings. The van der Waals surface area contributed by atoms with E-state index in [0.717, 1.165) is 18.4 Å². The van der Waals surface area contributed by atoms with Crippen molar-refractivity contribution >= 4 is 33.3 Å². The third-order valence-corrected chi connectivity index (χ3v) is 4.84. The van der Waals surface area contributed by atoms with Crippen molar-refractivity contribution in [1.82, 2.24) is 4.72 Å². The van der Waals surface area contributed by atoms with Gasteiger partial charge in [0.15, 0.2) is 0 Å². The molecule has 0 saturated carbocycles. The Balaban J connectivity index is 3.08. The van der Waals surface area contributed by atoms with Gasteiger partial charge in [0, 0.05) is 6.61 Å². The topological polar surface area (TPSA) is 130 Å². The predicted molar refractivity (Wildman–Crippen MR) is 69.1 cm³/mol. The number of carbonyl (C=O) groups is 2. The van der Waals surface area contributed by atoms with Crippen LogP contribution in [0, 0.1) is 0 Å². The van der Waals surface area contributed by atoms with Crippen LogP contribution in [0.3, 0.4) is 0 Å². The average molecular weight is 323 g/mol. The molecule has 1 rings (SSSR count). The summed E-state index contributed by atoms with van der Waals surface area (Å²) in [7, 11) is -3.09. The van der Waals surface area contributed by atoms with Crippen LogP contribution in [0.15, 0.2) is 16.3 Å². The standard InChI is InChI=1S/C10H13NO7S2/c1-18-10(15)8-7(3-5-19-8)20(16,17)11-6(2-4-12)9(13)14/h3,5-6,11-12H,2,4H2,1H3,(H,13,14)/t6-/m0/s1. The van der Waals surface area contributed by atoms with Crippen LogP contribution in [0.1, 0.15) is 16.1 Å². The van der Waals surface area contributed by atoms with Crippen LogP contribution in [-0.2, 0) is 19.6 Å². The zero-order valence-corrected chi connectivity index (χ0v) is 12.0. The second kappa shape index (κ2) is 6.79. The molecule has 0 saturated heterocycles. The Bertz CT molecular complexity index is 593. The highest BCUT2D eigenvalue weighted by molar-refractivity contribution is 7.89. The van der Waals surface area contributed by atoms with Crippen molar-refractivity contribution in [1.29, 1.82) is 0 Å². The number of thiophene rings is 1. The van der Waals surface area contributed by atoms with Gasteiger partial charge in [0.05, 0.1) is 7.11 Å². The molecule has 1 aromatic heterocycles. The van der Waals surface area contributed by atoms with Gasteiger partial charge in [-0.3, -0.25) is 4.79 Å². The van der Waals surface area contributed by atoms with Gasteiger partial charge in [0.1, 0.15) is 15.8 Å². The second-order valence-electron chi connectivity index (χ2n) is 3.63. The largest absolute Gasteiger partial charge is 0.480 e. The molecule has 0 aliphatic carbocycles.